The first kappa shape index (κ1) is 11.4. The van der Waals surface area contributed by atoms with Gasteiger partial charge in [-0.25, -0.2) is 13.2 Å². The predicted octanol–water partition coefficient (Wildman–Crippen LogP) is 3.33. The van der Waals surface area contributed by atoms with Crippen LogP contribution < -0.4 is 0 Å². The number of rotatable bonds is 2. The highest BCUT2D eigenvalue weighted by Gasteiger charge is 2.19. The maximum atomic E-state index is 13.4. The Morgan fingerprint density at radius 3 is 2.06 bits per heavy atom. The van der Waals surface area contributed by atoms with Crippen LogP contribution in [0, 0.1) is 17.5 Å². The quantitative estimate of drug-likeness (QED) is 0.731. The van der Waals surface area contributed by atoms with E-state index < -0.39 is 28.8 Å². The van der Waals surface area contributed by atoms with Crippen molar-refractivity contribution in [2.75, 3.05) is 0 Å². The van der Waals surface area contributed by atoms with Crippen LogP contribution in [0.1, 0.15) is 15.9 Å². The molecule has 2 rings (SSSR count). The first-order chi connectivity index (χ1) is 8.11. The van der Waals surface area contributed by atoms with Gasteiger partial charge in [0.05, 0.1) is 11.1 Å². The molecule has 0 aliphatic heterocycles. The molecule has 0 unspecified atom stereocenters. The maximum Gasteiger partial charge on any atom is 0.199 e. The van der Waals surface area contributed by atoms with Crippen molar-refractivity contribution in [3.8, 4) is 0 Å². The molecule has 0 heterocycles. The normalized spacial score (nSPS) is 10.3. The van der Waals surface area contributed by atoms with Crippen LogP contribution in [0.15, 0.2) is 42.5 Å². The number of ketones is 1. The van der Waals surface area contributed by atoms with E-state index >= 15 is 0 Å². The van der Waals surface area contributed by atoms with Gasteiger partial charge in [0, 0.05) is 0 Å². The average molecular weight is 236 g/mol. The van der Waals surface area contributed by atoms with Crippen molar-refractivity contribution in [3.05, 3.63) is 71.0 Å². The van der Waals surface area contributed by atoms with E-state index in [2.05, 4.69) is 0 Å². The second-order valence-electron chi connectivity index (χ2n) is 3.41. The van der Waals surface area contributed by atoms with E-state index in [4.69, 9.17) is 0 Å². The lowest BCUT2D eigenvalue weighted by Gasteiger charge is -2.04. The minimum absolute atomic E-state index is 0.281. The van der Waals surface area contributed by atoms with E-state index in [9.17, 15) is 18.0 Å². The highest BCUT2D eigenvalue weighted by molar-refractivity contribution is 6.09. The summed E-state index contributed by atoms with van der Waals surface area (Å²) in [5.41, 5.74) is -0.757. The zero-order valence-electron chi connectivity index (χ0n) is 8.58. The highest BCUT2D eigenvalue weighted by atomic mass is 19.2. The zero-order chi connectivity index (χ0) is 12.4. The third-order valence-electron chi connectivity index (χ3n) is 2.31. The van der Waals surface area contributed by atoms with Gasteiger partial charge in [0.15, 0.2) is 17.4 Å². The van der Waals surface area contributed by atoms with Crippen LogP contribution in [0.4, 0.5) is 13.2 Å². The summed E-state index contributed by atoms with van der Waals surface area (Å²) in [5.74, 6) is -4.03. The summed E-state index contributed by atoms with van der Waals surface area (Å²) in [7, 11) is 0. The molecule has 0 saturated carbocycles. The molecule has 0 aliphatic rings. The molecule has 0 bridgehead atoms. The lowest BCUT2D eigenvalue weighted by Crippen LogP contribution is -2.07. The SMILES string of the molecule is O=C(c1ccccc1F)c1cccc(F)c1F. The first-order valence-electron chi connectivity index (χ1n) is 4.84. The summed E-state index contributed by atoms with van der Waals surface area (Å²) in [6.07, 6.45) is 0. The Hall–Kier alpha value is -2.10. The van der Waals surface area contributed by atoms with E-state index in [1.807, 2.05) is 0 Å². The van der Waals surface area contributed by atoms with Crippen molar-refractivity contribution in [2.24, 2.45) is 0 Å². The molecule has 0 fully saturated rings. The Balaban J connectivity index is 2.52. The minimum Gasteiger partial charge on any atom is -0.288 e. The summed E-state index contributed by atoms with van der Waals surface area (Å²) >= 11 is 0. The van der Waals surface area contributed by atoms with Crippen molar-refractivity contribution in [1.82, 2.24) is 0 Å². The molecule has 4 heteroatoms. The molecule has 17 heavy (non-hydrogen) atoms. The fourth-order valence-corrected chi connectivity index (χ4v) is 1.47. The Bertz CT molecular complexity index is 579. The van der Waals surface area contributed by atoms with Crippen molar-refractivity contribution in [1.29, 1.82) is 0 Å². The van der Waals surface area contributed by atoms with Crippen LogP contribution >= 0.6 is 0 Å². The lowest BCUT2D eigenvalue weighted by atomic mass is 10.0. The summed E-state index contributed by atoms with van der Waals surface area (Å²) < 4.78 is 39.6. The van der Waals surface area contributed by atoms with Crippen LogP contribution in [0.5, 0.6) is 0 Å². The molecular weight excluding hydrogens is 229 g/mol. The fraction of sp³-hybridized carbons (Fsp3) is 0. The molecule has 1 nitrogen and oxygen atoms in total. The first-order valence-corrected chi connectivity index (χ1v) is 4.84. The fourth-order valence-electron chi connectivity index (χ4n) is 1.47. The van der Waals surface area contributed by atoms with E-state index in [1.54, 1.807) is 0 Å². The molecule has 0 spiro atoms. The predicted molar refractivity (Wildman–Crippen MR) is 56.2 cm³/mol. The third-order valence-corrected chi connectivity index (χ3v) is 2.31. The molecule has 0 aromatic heterocycles. The largest absolute Gasteiger partial charge is 0.288 e. The van der Waals surface area contributed by atoms with Crippen LogP contribution in [0.3, 0.4) is 0 Å². The molecule has 0 amide bonds. The number of hydrogen-bond acceptors (Lipinski definition) is 1. The topological polar surface area (TPSA) is 17.1 Å². The van der Waals surface area contributed by atoms with Gasteiger partial charge in [0.1, 0.15) is 5.82 Å². The molecule has 0 N–H and O–H groups in total. The molecule has 0 atom stereocenters. The van der Waals surface area contributed by atoms with E-state index in [-0.39, 0.29) is 5.56 Å². The van der Waals surface area contributed by atoms with E-state index in [0.29, 0.717) is 0 Å². The Kier molecular flexibility index (Phi) is 2.95. The summed E-state index contributed by atoms with van der Waals surface area (Å²) in [4.78, 5) is 11.8. The standard InChI is InChI=1S/C13H7F3O/c14-10-6-2-1-4-8(10)13(17)9-5-3-7-11(15)12(9)16/h1-7H. The Morgan fingerprint density at radius 2 is 1.35 bits per heavy atom. The highest BCUT2D eigenvalue weighted by Crippen LogP contribution is 2.17. The maximum absolute atomic E-state index is 13.4. The van der Waals surface area contributed by atoms with Crippen molar-refractivity contribution >= 4 is 5.78 Å². The number of benzene rings is 2. The molecule has 0 saturated heterocycles. The van der Waals surface area contributed by atoms with Crippen molar-refractivity contribution in [3.63, 3.8) is 0 Å². The van der Waals surface area contributed by atoms with Gasteiger partial charge >= 0.3 is 0 Å². The zero-order valence-corrected chi connectivity index (χ0v) is 8.58. The minimum atomic E-state index is -1.26. The van der Waals surface area contributed by atoms with Gasteiger partial charge in [0.2, 0.25) is 0 Å². The average Bonchev–Trinajstić information content (AvgIpc) is 2.32. The van der Waals surface area contributed by atoms with E-state index in [0.717, 1.165) is 18.2 Å². The molecule has 2 aromatic rings. The van der Waals surface area contributed by atoms with Crippen LogP contribution in [0.25, 0.3) is 0 Å². The van der Waals surface area contributed by atoms with Gasteiger partial charge in [-0.05, 0) is 24.3 Å². The van der Waals surface area contributed by atoms with Gasteiger partial charge < -0.3 is 0 Å². The second-order valence-corrected chi connectivity index (χ2v) is 3.41. The number of carbonyl (C=O) groups is 1. The number of hydrogen-bond donors (Lipinski definition) is 0. The summed E-state index contributed by atoms with van der Waals surface area (Å²) in [6.45, 7) is 0. The van der Waals surface area contributed by atoms with Crippen molar-refractivity contribution < 1.29 is 18.0 Å². The van der Waals surface area contributed by atoms with E-state index in [1.165, 1.54) is 24.3 Å². The van der Waals surface area contributed by atoms with Gasteiger partial charge in [-0.3, -0.25) is 4.79 Å². The van der Waals surface area contributed by atoms with Crippen LogP contribution in [-0.4, -0.2) is 5.78 Å². The number of halogens is 3. The van der Waals surface area contributed by atoms with Crippen LogP contribution in [0.2, 0.25) is 0 Å². The molecule has 0 aliphatic carbocycles. The number of carbonyl (C=O) groups excluding carboxylic acids is 1. The van der Waals surface area contributed by atoms with Crippen LogP contribution in [-0.2, 0) is 0 Å². The van der Waals surface area contributed by atoms with Crippen molar-refractivity contribution in [2.45, 2.75) is 0 Å². The smallest absolute Gasteiger partial charge is 0.199 e. The monoisotopic (exact) mass is 236 g/mol. The van der Waals surface area contributed by atoms with Gasteiger partial charge in [0.25, 0.3) is 0 Å². The van der Waals surface area contributed by atoms with Gasteiger partial charge in [-0.15, -0.1) is 0 Å². The second kappa shape index (κ2) is 4.41. The summed E-state index contributed by atoms with van der Waals surface area (Å²) in [6, 6.07) is 8.39. The lowest BCUT2D eigenvalue weighted by molar-refractivity contribution is 0.103. The Morgan fingerprint density at radius 1 is 0.765 bits per heavy atom. The molecule has 86 valence electrons. The molecule has 0 radical (unpaired) electrons. The third kappa shape index (κ3) is 2.06. The van der Waals surface area contributed by atoms with Gasteiger partial charge in [-0.2, -0.15) is 0 Å². The summed E-state index contributed by atoms with van der Waals surface area (Å²) in [5, 5.41) is 0. The molecular formula is C13H7F3O. The Labute approximate surface area is 95.5 Å². The molecule has 2 aromatic carbocycles. The van der Waals surface area contributed by atoms with Gasteiger partial charge in [-0.1, -0.05) is 18.2 Å².